The molecule has 0 unspecified atom stereocenters. The number of carbonyl (C=O) groups is 4. The first-order valence-electron chi connectivity index (χ1n) is 2.34. The predicted octanol–water partition coefficient (Wildman–Crippen LogP) is -10.1. The van der Waals surface area contributed by atoms with Crippen molar-refractivity contribution in [2.45, 2.75) is 0 Å². The van der Waals surface area contributed by atoms with Crippen LogP contribution in [0.3, 0.4) is 0 Å². The van der Waals surface area contributed by atoms with E-state index >= 15 is 0 Å². The van der Waals surface area contributed by atoms with Crippen LogP contribution < -0.4 is 71.8 Å². The molecule has 0 amide bonds. The van der Waals surface area contributed by atoms with Crippen LogP contribution in [-0.4, -0.2) is 23.9 Å². The molecule has 0 aromatic carbocycles. The molecular formula is C4KO9Ti-. The molecule has 0 aliphatic carbocycles. The number of aliphatic carboxylic acids is 4. The van der Waals surface area contributed by atoms with E-state index in [9.17, 15) is 0 Å². The van der Waals surface area contributed by atoms with Crippen LogP contribution in [-0.2, 0) is 42.9 Å². The molecule has 0 heterocycles. The molecule has 9 nitrogen and oxygen atoms in total. The van der Waals surface area contributed by atoms with E-state index < -0.39 is 23.9 Å². The summed E-state index contributed by atoms with van der Waals surface area (Å²) >= 11 is 0.750. The van der Waals surface area contributed by atoms with Gasteiger partial charge in [0.15, 0.2) is 0 Å². The van der Waals surface area contributed by atoms with Crippen molar-refractivity contribution in [3.63, 3.8) is 0 Å². The molecule has 0 atom stereocenters. The van der Waals surface area contributed by atoms with Crippen LogP contribution in [0.25, 0.3) is 0 Å². The first kappa shape index (κ1) is 24.3. The third kappa shape index (κ3) is 31.5. The van der Waals surface area contributed by atoms with Crippen LogP contribution in [0.15, 0.2) is 0 Å². The summed E-state index contributed by atoms with van der Waals surface area (Å²) in [5, 5.41) is 35.7. The van der Waals surface area contributed by atoms with Crippen molar-refractivity contribution in [3.8, 4) is 0 Å². The van der Waals surface area contributed by atoms with Gasteiger partial charge in [-0.3, -0.25) is 0 Å². The van der Waals surface area contributed by atoms with Gasteiger partial charge in [-0.2, -0.15) is 0 Å². The van der Waals surface area contributed by atoms with Crippen molar-refractivity contribution in [1.82, 2.24) is 0 Å². The van der Waals surface area contributed by atoms with Gasteiger partial charge in [-0.05, 0) is 0 Å². The zero-order valence-corrected chi connectivity index (χ0v) is 11.9. The Bertz CT molecular complexity index is 190. The monoisotopic (exact) mass is 279 g/mol. The zero-order chi connectivity index (χ0) is 12.3. The zero-order valence-electron chi connectivity index (χ0n) is 7.17. The van der Waals surface area contributed by atoms with Crippen molar-refractivity contribution in [2.24, 2.45) is 0 Å². The van der Waals surface area contributed by atoms with Gasteiger partial charge in [0.25, 0.3) is 0 Å². The second-order valence-electron chi connectivity index (χ2n) is 1.15. The Hall–Kier alpha value is 0.0306. The van der Waals surface area contributed by atoms with Crippen molar-refractivity contribution in [1.29, 1.82) is 0 Å². The Balaban J connectivity index is -0.0000000653. The maximum absolute atomic E-state index is 8.93. The quantitative estimate of drug-likeness (QED) is 0.307. The SMILES string of the molecule is O=C([O-])C(=O)[O-].O=C([O-])C(=O)[O-].[K+].[O]=[Ti+2]. The van der Waals surface area contributed by atoms with E-state index in [0.717, 1.165) is 20.4 Å². The fraction of sp³-hybridized carbons (Fsp3) is 0. The van der Waals surface area contributed by atoms with Crippen molar-refractivity contribution in [2.75, 3.05) is 0 Å². The Labute approximate surface area is 137 Å². The summed E-state index contributed by atoms with van der Waals surface area (Å²) < 4.78 is 8.25. The van der Waals surface area contributed by atoms with Gasteiger partial charge in [0.05, 0.1) is 23.9 Å². The second kappa shape index (κ2) is 16.5. The Morgan fingerprint density at radius 1 is 0.600 bits per heavy atom. The van der Waals surface area contributed by atoms with E-state index in [0.29, 0.717) is 0 Å². The standard InChI is InChI=1S/2C2H2O4.K.O.Ti/c2*3-1(4)2(5)6;;;/h2*(H,3,4)(H,5,6);;;/q;;+1;;+2/p-4. The summed E-state index contributed by atoms with van der Waals surface area (Å²) in [5.74, 6) is -8.74. The molecule has 0 saturated carbocycles. The molecule has 0 bridgehead atoms. The summed E-state index contributed by atoms with van der Waals surface area (Å²) in [7, 11) is 0. The maximum atomic E-state index is 8.93. The average Bonchev–Trinajstić information content (AvgIpc) is 2.08. The fourth-order valence-electron chi connectivity index (χ4n) is 0. The molecular weight excluding hydrogens is 279 g/mol. The third-order valence-electron chi connectivity index (χ3n) is 0.333. The third-order valence-corrected chi connectivity index (χ3v) is 0.333. The van der Waals surface area contributed by atoms with Crippen LogP contribution in [0.1, 0.15) is 0 Å². The Morgan fingerprint density at radius 3 is 0.667 bits per heavy atom. The molecule has 0 aromatic rings. The summed E-state index contributed by atoms with van der Waals surface area (Å²) in [4.78, 5) is 35.7. The van der Waals surface area contributed by atoms with Gasteiger partial charge in [0, 0.05) is 0 Å². The van der Waals surface area contributed by atoms with E-state index in [1.165, 1.54) is 0 Å². The number of carboxylic acid groups (broad SMARTS) is 4. The van der Waals surface area contributed by atoms with Crippen molar-refractivity contribution < 1.29 is 115 Å². The van der Waals surface area contributed by atoms with Gasteiger partial charge < -0.3 is 39.6 Å². The summed E-state index contributed by atoms with van der Waals surface area (Å²) in [6.07, 6.45) is 0. The first-order valence-corrected chi connectivity index (χ1v) is 2.97. The average molecular weight is 279 g/mol. The second-order valence-corrected chi connectivity index (χ2v) is 1.15. The topological polar surface area (TPSA) is 178 Å². The first-order chi connectivity index (χ1) is 6.29. The molecule has 0 spiro atoms. The molecule has 0 aliphatic rings. The number of hydrogen-bond acceptors (Lipinski definition) is 9. The molecule has 0 rings (SSSR count). The number of rotatable bonds is 0. The van der Waals surface area contributed by atoms with Crippen LogP contribution in [0.5, 0.6) is 0 Å². The number of carbonyl (C=O) groups excluding carboxylic acids is 4. The fourth-order valence-corrected chi connectivity index (χ4v) is 0. The predicted molar refractivity (Wildman–Crippen MR) is 20.7 cm³/mol. The van der Waals surface area contributed by atoms with Crippen LogP contribution in [0.2, 0.25) is 0 Å². The van der Waals surface area contributed by atoms with Crippen LogP contribution in [0.4, 0.5) is 0 Å². The Morgan fingerprint density at radius 2 is 0.667 bits per heavy atom. The molecule has 76 valence electrons. The molecule has 0 radical (unpaired) electrons. The normalized spacial score (nSPS) is 6.27. The molecule has 0 N–H and O–H groups in total. The van der Waals surface area contributed by atoms with Gasteiger partial charge in [-0.25, -0.2) is 0 Å². The molecule has 0 aliphatic heterocycles. The van der Waals surface area contributed by atoms with E-state index in [1.807, 2.05) is 0 Å². The van der Waals surface area contributed by atoms with Gasteiger partial charge in [-0.15, -0.1) is 0 Å². The van der Waals surface area contributed by atoms with Crippen molar-refractivity contribution in [3.05, 3.63) is 0 Å². The number of hydrogen-bond donors (Lipinski definition) is 0. The van der Waals surface area contributed by atoms with E-state index in [2.05, 4.69) is 0 Å². The Kier molecular flexibility index (Phi) is 26.7. The van der Waals surface area contributed by atoms with E-state index in [1.54, 1.807) is 0 Å². The minimum atomic E-state index is -2.19. The van der Waals surface area contributed by atoms with Gasteiger partial charge in [0.2, 0.25) is 0 Å². The van der Waals surface area contributed by atoms with Crippen LogP contribution in [0, 0.1) is 0 Å². The summed E-state index contributed by atoms with van der Waals surface area (Å²) in [6, 6.07) is 0. The van der Waals surface area contributed by atoms with Gasteiger partial charge in [-0.1, -0.05) is 0 Å². The molecule has 0 saturated heterocycles. The molecule has 0 fully saturated rings. The van der Waals surface area contributed by atoms with Gasteiger partial charge >= 0.3 is 75.1 Å². The molecule has 0 aromatic heterocycles. The summed E-state index contributed by atoms with van der Waals surface area (Å²) in [5.41, 5.74) is 0. The number of carboxylic acids is 4. The van der Waals surface area contributed by atoms with Crippen molar-refractivity contribution >= 4 is 23.9 Å². The van der Waals surface area contributed by atoms with E-state index in [4.69, 9.17) is 42.9 Å². The summed E-state index contributed by atoms with van der Waals surface area (Å²) in [6.45, 7) is 0. The molecule has 11 heteroatoms. The van der Waals surface area contributed by atoms with Crippen LogP contribution >= 0.6 is 0 Å². The van der Waals surface area contributed by atoms with E-state index in [-0.39, 0.29) is 51.4 Å². The molecule has 15 heavy (non-hydrogen) atoms. The minimum absolute atomic E-state index is 0. The van der Waals surface area contributed by atoms with Gasteiger partial charge in [0.1, 0.15) is 0 Å².